The molecular formula is C15H13N3O. The number of aromatic nitrogens is 3. The van der Waals surface area contributed by atoms with Crippen molar-refractivity contribution in [1.29, 1.82) is 0 Å². The molecule has 0 saturated carbocycles. The van der Waals surface area contributed by atoms with Crippen molar-refractivity contribution in [2.75, 3.05) is 0 Å². The molecule has 0 bridgehead atoms. The third-order valence-electron chi connectivity index (χ3n) is 3.06. The first-order chi connectivity index (χ1) is 9.15. The molecule has 19 heavy (non-hydrogen) atoms. The summed E-state index contributed by atoms with van der Waals surface area (Å²) >= 11 is 0. The third kappa shape index (κ3) is 2.01. The maximum Gasteiger partial charge on any atom is 0.178 e. The second kappa shape index (κ2) is 4.31. The highest BCUT2D eigenvalue weighted by atomic mass is 16.1. The Labute approximate surface area is 110 Å². The summed E-state index contributed by atoms with van der Waals surface area (Å²) in [7, 11) is 0. The average Bonchev–Trinajstić information content (AvgIpc) is 2.80. The number of hydrogen-bond donors (Lipinski definition) is 0. The van der Waals surface area contributed by atoms with Gasteiger partial charge in [-0.05, 0) is 36.6 Å². The lowest BCUT2D eigenvalue weighted by Gasteiger charge is -2.06. The molecule has 4 heteroatoms. The molecule has 0 aliphatic rings. The van der Waals surface area contributed by atoms with Gasteiger partial charge in [-0.3, -0.25) is 9.78 Å². The Kier molecular flexibility index (Phi) is 2.63. The monoisotopic (exact) mass is 251 g/mol. The molecule has 0 radical (unpaired) electrons. The molecule has 3 rings (SSSR count). The molecule has 0 fully saturated rings. The summed E-state index contributed by atoms with van der Waals surface area (Å²) in [6.45, 7) is 3.43. The minimum absolute atomic E-state index is 0.00637. The van der Waals surface area contributed by atoms with Gasteiger partial charge in [0.05, 0.1) is 11.4 Å². The molecular weight excluding hydrogens is 238 g/mol. The number of pyridine rings is 1. The second-order valence-corrected chi connectivity index (χ2v) is 4.55. The molecule has 0 atom stereocenters. The second-order valence-electron chi connectivity index (χ2n) is 4.55. The smallest absolute Gasteiger partial charge is 0.178 e. The van der Waals surface area contributed by atoms with Gasteiger partial charge >= 0.3 is 0 Å². The van der Waals surface area contributed by atoms with E-state index in [1.54, 1.807) is 23.9 Å². The third-order valence-corrected chi connectivity index (χ3v) is 3.06. The van der Waals surface area contributed by atoms with Crippen LogP contribution in [0, 0.1) is 6.92 Å². The molecule has 0 spiro atoms. The van der Waals surface area contributed by atoms with Gasteiger partial charge in [0, 0.05) is 24.7 Å². The zero-order valence-electron chi connectivity index (χ0n) is 10.8. The number of Topliss-reactive ketones (excluding diaryl/α,β-unsaturated/α-hetero) is 1. The zero-order chi connectivity index (χ0) is 13.4. The topological polar surface area (TPSA) is 47.8 Å². The van der Waals surface area contributed by atoms with Crippen LogP contribution in [-0.2, 0) is 0 Å². The van der Waals surface area contributed by atoms with Gasteiger partial charge in [0.25, 0.3) is 0 Å². The van der Waals surface area contributed by atoms with Crippen LogP contribution in [0.4, 0.5) is 0 Å². The number of aryl methyl sites for hydroxylation is 1. The van der Waals surface area contributed by atoms with Crippen molar-refractivity contribution < 1.29 is 4.79 Å². The van der Waals surface area contributed by atoms with E-state index >= 15 is 0 Å². The normalized spacial score (nSPS) is 10.8. The number of ketones is 1. The van der Waals surface area contributed by atoms with Gasteiger partial charge in [0.2, 0.25) is 0 Å². The van der Waals surface area contributed by atoms with E-state index in [1.807, 2.05) is 37.4 Å². The van der Waals surface area contributed by atoms with Gasteiger partial charge in [-0.15, -0.1) is 0 Å². The summed E-state index contributed by atoms with van der Waals surface area (Å²) in [6, 6.07) is 9.71. The van der Waals surface area contributed by atoms with E-state index in [2.05, 4.69) is 10.1 Å². The first kappa shape index (κ1) is 11.6. The SMILES string of the molecule is CC(=O)c1cc(C)nn1-c1ccc2ccncc2c1. The van der Waals surface area contributed by atoms with Crippen LogP contribution in [0.3, 0.4) is 0 Å². The van der Waals surface area contributed by atoms with Gasteiger partial charge in [0.1, 0.15) is 5.69 Å². The van der Waals surface area contributed by atoms with E-state index in [1.165, 1.54) is 0 Å². The summed E-state index contributed by atoms with van der Waals surface area (Å²) in [5, 5.41) is 6.53. The number of rotatable bonds is 2. The van der Waals surface area contributed by atoms with Gasteiger partial charge < -0.3 is 0 Å². The van der Waals surface area contributed by atoms with Crippen LogP contribution in [0.25, 0.3) is 16.5 Å². The standard InChI is InChI=1S/C15H13N3O/c1-10-7-15(11(2)19)18(17-10)14-4-3-12-5-6-16-9-13(12)8-14/h3-9H,1-2H3. The fourth-order valence-corrected chi connectivity index (χ4v) is 2.15. The number of fused-ring (bicyclic) bond motifs is 1. The minimum atomic E-state index is 0.00637. The minimum Gasteiger partial charge on any atom is -0.293 e. The van der Waals surface area contributed by atoms with Crippen molar-refractivity contribution in [1.82, 2.24) is 14.8 Å². The van der Waals surface area contributed by atoms with E-state index in [9.17, 15) is 4.79 Å². The number of hydrogen-bond acceptors (Lipinski definition) is 3. The van der Waals surface area contributed by atoms with Crippen molar-refractivity contribution in [2.24, 2.45) is 0 Å². The summed E-state index contributed by atoms with van der Waals surface area (Å²) in [4.78, 5) is 15.8. The molecule has 94 valence electrons. The molecule has 2 heterocycles. The van der Waals surface area contributed by atoms with E-state index < -0.39 is 0 Å². The van der Waals surface area contributed by atoms with Crippen LogP contribution >= 0.6 is 0 Å². The highest BCUT2D eigenvalue weighted by Gasteiger charge is 2.11. The fraction of sp³-hybridized carbons (Fsp3) is 0.133. The zero-order valence-corrected chi connectivity index (χ0v) is 10.8. The summed E-state index contributed by atoms with van der Waals surface area (Å²) in [6.07, 6.45) is 3.57. The van der Waals surface area contributed by atoms with E-state index in [0.29, 0.717) is 5.69 Å². The number of benzene rings is 1. The van der Waals surface area contributed by atoms with Gasteiger partial charge in [-0.25, -0.2) is 4.68 Å². The largest absolute Gasteiger partial charge is 0.293 e. The van der Waals surface area contributed by atoms with Crippen molar-refractivity contribution >= 4 is 16.6 Å². The average molecular weight is 251 g/mol. The molecule has 0 aliphatic carbocycles. The summed E-state index contributed by atoms with van der Waals surface area (Å²) in [5.74, 6) is 0.00637. The van der Waals surface area contributed by atoms with Crippen molar-refractivity contribution in [3.05, 3.63) is 54.1 Å². The Bertz CT molecular complexity index is 774. The Balaban J connectivity index is 2.21. The molecule has 4 nitrogen and oxygen atoms in total. The summed E-state index contributed by atoms with van der Waals surface area (Å²) in [5.41, 5.74) is 2.30. The molecule has 0 saturated heterocycles. The molecule has 3 aromatic rings. The van der Waals surface area contributed by atoms with Gasteiger partial charge in [0.15, 0.2) is 5.78 Å². The van der Waals surface area contributed by atoms with Crippen LogP contribution in [0.5, 0.6) is 0 Å². The lowest BCUT2D eigenvalue weighted by molar-refractivity contribution is 0.101. The van der Waals surface area contributed by atoms with E-state index in [-0.39, 0.29) is 5.78 Å². The first-order valence-electron chi connectivity index (χ1n) is 6.07. The Morgan fingerprint density at radius 1 is 1.16 bits per heavy atom. The maximum atomic E-state index is 11.6. The van der Waals surface area contributed by atoms with Crippen LogP contribution < -0.4 is 0 Å². The highest BCUT2D eigenvalue weighted by Crippen LogP contribution is 2.19. The molecule has 0 amide bonds. The van der Waals surface area contributed by atoms with E-state index in [0.717, 1.165) is 22.2 Å². The molecule has 1 aromatic carbocycles. The van der Waals surface area contributed by atoms with Gasteiger partial charge in [-0.1, -0.05) is 6.07 Å². The lowest BCUT2D eigenvalue weighted by Crippen LogP contribution is -2.05. The number of carbonyl (C=O) groups is 1. The highest BCUT2D eigenvalue weighted by molar-refractivity contribution is 5.93. The Morgan fingerprint density at radius 2 is 2.00 bits per heavy atom. The van der Waals surface area contributed by atoms with Crippen molar-refractivity contribution in [3.63, 3.8) is 0 Å². The predicted molar refractivity (Wildman–Crippen MR) is 73.6 cm³/mol. The molecule has 0 N–H and O–H groups in total. The number of nitrogens with zero attached hydrogens (tertiary/aromatic N) is 3. The quantitative estimate of drug-likeness (QED) is 0.658. The van der Waals surface area contributed by atoms with Crippen molar-refractivity contribution in [2.45, 2.75) is 13.8 Å². The van der Waals surface area contributed by atoms with Crippen LogP contribution in [-0.4, -0.2) is 20.5 Å². The predicted octanol–water partition coefficient (Wildman–Crippen LogP) is 2.93. The van der Waals surface area contributed by atoms with Gasteiger partial charge in [-0.2, -0.15) is 5.10 Å². The molecule has 0 aliphatic heterocycles. The molecule has 2 aromatic heterocycles. The van der Waals surface area contributed by atoms with Crippen LogP contribution in [0.15, 0.2) is 42.7 Å². The van der Waals surface area contributed by atoms with Crippen molar-refractivity contribution in [3.8, 4) is 5.69 Å². The maximum absolute atomic E-state index is 11.6. The fourth-order valence-electron chi connectivity index (χ4n) is 2.15. The van der Waals surface area contributed by atoms with Crippen LogP contribution in [0.2, 0.25) is 0 Å². The Hall–Kier alpha value is -2.49. The molecule has 0 unspecified atom stereocenters. The first-order valence-corrected chi connectivity index (χ1v) is 6.07. The Morgan fingerprint density at radius 3 is 2.79 bits per heavy atom. The lowest BCUT2D eigenvalue weighted by atomic mass is 10.1. The van der Waals surface area contributed by atoms with Crippen LogP contribution in [0.1, 0.15) is 23.1 Å². The number of carbonyl (C=O) groups excluding carboxylic acids is 1. The summed E-state index contributed by atoms with van der Waals surface area (Å²) < 4.78 is 1.68. The van der Waals surface area contributed by atoms with E-state index in [4.69, 9.17) is 0 Å².